The van der Waals surface area contributed by atoms with Crippen molar-refractivity contribution in [3.63, 3.8) is 0 Å². The first-order valence-corrected chi connectivity index (χ1v) is 5.56. The minimum atomic E-state index is -0.237. The van der Waals surface area contributed by atoms with E-state index in [1.807, 2.05) is 0 Å². The van der Waals surface area contributed by atoms with Gasteiger partial charge in [0.05, 0.1) is 11.2 Å². The fraction of sp³-hybridized carbons (Fsp3) is 1.00. The minimum absolute atomic E-state index is 0.227. The highest BCUT2D eigenvalue weighted by Gasteiger charge is 2.37. The van der Waals surface area contributed by atoms with Crippen molar-refractivity contribution < 1.29 is 9.39 Å². The Bertz CT molecular complexity index is 155. The Labute approximate surface area is 89.8 Å². The maximum absolute atomic E-state index is 5.86. The van der Waals surface area contributed by atoms with Gasteiger partial charge in [0.15, 0.2) is 0 Å². The summed E-state index contributed by atoms with van der Waals surface area (Å²) in [5, 5.41) is 0. The fourth-order valence-electron chi connectivity index (χ4n) is 1.10. The summed E-state index contributed by atoms with van der Waals surface area (Å²) in [4.78, 5) is 0. The van der Waals surface area contributed by atoms with Crippen molar-refractivity contribution >= 4 is 8.05 Å². The van der Waals surface area contributed by atoms with E-state index in [-0.39, 0.29) is 11.2 Å². The molecule has 0 aromatic rings. The maximum Gasteiger partial charge on any atom is 0.258 e. The van der Waals surface area contributed by atoms with Crippen molar-refractivity contribution in [2.24, 2.45) is 0 Å². The summed E-state index contributed by atoms with van der Waals surface area (Å²) in [5.41, 5.74) is -0.464. The molecule has 0 saturated heterocycles. The first kappa shape index (κ1) is 14.0. The number of hydrogen-bond donors (Lipinski definition) is 0. The second kappa shape index (κ2) is 5.77. The molecule has 0 radical (unpaired) electrons. The Morgan fingerprint density at radius 1 is 1.00 bits per heavy atom. The largest absolute Gasteiger partial charge is 0.436 e. The maximum atomic E-state index is 5.86. The van der Waals surface area contributed by atoms with Crippen LogP contribution in [0.15, 0.2) is 0 Å². The molecule has 0 atom stereocenters. The summed E-state index contributed by atoms with van der Waals surface area (Å²) >= 11 is 0. The molecule has 0 aliphatic heterocycles. The van der Waals surface area contributed by atoms with Gasteiger partial charge in [-0.1, -0.05) is 19.8 Å². The lowest BCUT2D eigenvalue weighted by Crippen LogP contribution is -2.49. The van der Waals surface area contributed by atoms with Crippen molar-refractivity contribution in [2.75, 3.05) is 6.61 Å². The third kappa shape index (κ3) is 4.01. The van der Waals surface area contributed by atoms with Crippen LogP contribution < -0.4 is 0 Å². The van der Waals surface area contributed by atoms with Gasteiger partial charge < -0.3 is 9.39 Å². The Hall–Kier alpha value is -0.0151. The number of ether oxygens (including phenoxy) is 1. The second-order valence-electron chi connectivity index (χ2n) is 4.78. The summed E-state index contributed by atoms with van der Waals surface area (Å²) < 4.78 is 11.3. The van der Waals surface area contributed by atoms with Crippen molar-refractivity contribution in [1.82, 2.24) is 0 Å². The molecule has 0 aliphatic carbocycles. The highest BCUT2D eigenvalue weighted by molar-refractivity contribution is 5.98. The molecule has 0 rings (SSSR count). The van der Waals surface area contributed by atoms with Gasteiger partial charge in [0.1, 0.15) is 0 Å². The average Bonchev–Trinajstić information content (AvgIpc) is 2.12. The zero-order chi connectivity index (χ0) is 11.2. The van der Waals surface area contributed by atoms with E-state index in [1.165, 1.54) is 12.8 Å². The van der Waals surface area contributed by atoms with E-state index >= 15 is 0 Å². The number of unbranched alkanes of at least 4 members (excludes halogenated alkanes) is 2. The lowest BCUT2D eigenvalue weighted by atomic mass is 9.88. The van der Waals surface area contributed by atoms with Crippen LogP contribution in [0.3, 0.4) is 0 Å². The molecule has 0 bridgehead atoms. The van der Waals surface area contributed by atoms with Crippen LogP contribution in [0.2, 0.25) is 0 Å². The molecule has 3 heteroatoms. The van der Waals surface area contributed by atoms with Gasteiger partial charge >= 0.3 is 0 Å². The zero-order valence-electron chi connectivity index (χ0n) is 10.6. The lowest BCUT2D eigenvalue weighted by Gasteiger charge is -2.41. The van der Waals surface area contributed by atoms with Crippen molar-refractivity contribution in [2.45, 2.75) is 65.1 Å². The van der Waals surface area contributed by atoms with E-state index in [9.17, 15) is 0 Å². The van der Waals surface area contributed by atoms with Crippen LogP contribution in [0.25, 0.3) is 0 Å². The van der Waals surface area contributed by atoms with Crippen molar-refractivity contribution in [3.05, 3.63) is 0 Å². The molecule has 0 amide bonds. The Morgan fingerprint density at radius 2 is 1.57 bits per heavy atom. The molecule has 0 spiro atoms. The minimum Gasteiger partial charge on any atom is -0.436 e. The van der Waals surface area contributed by atoms with E-state index in [2.05, 4.69) is 34.6 Å². The van der Waals surface area contributed by atoms with Crippen LogP contribution >= 0.6 is 0 Å². The van der Waals surface area contributed by atoms with Gasteiger partial charge in [0.2, 0.25) is 0 Å². The van der Waals surface area contributed by atoms with E-state index in [0.717, 1.165) is 13.0 Å². The average molecular weight is 200 g/mol. The van der Waals surface area contributed by atoms with Crippen LogP contribution in [0.1, 0.15) is 53.9 Å². The highest BCUT2D eigenvalue weighted by Crippen LogP contribution is 2.28. The number of rotatable bonds is 7. The summed E-state index contributed by atoms with van der Waals surface area (Å²) in [5.74, 6) is 0. The van der Waals surface area contributed by atoms with Gasteiger partial charge in [0.25, 0.3) is 8.05 Å². The summed E-state index contributed by atoms with van der Waals surface area (Å²) in [6, 6.07) is 0. The molecular formula is C11H25BO2. The molecule has 84 valence electrons. The molecule has 0 heterocycles. The van der Waals surface area contributed by atoms with Crippen LogP contribution in [-0.4, -0.2) is 25.9 Å². The van der Waals surface area contributed by atoms with Gasteiger partial charge in [-0.05, 0) is 34.1 Å². The van der Waals surface area contributed by atoms with Gasteiger partial charge in [-0.25, -0.2) is 0 Å². The molecule has 14 heavy (non-hydrogen) atoms. The Morgan fingerprint density at radius 3 is 2.00 bits per heavy atom. The third-order valence-electron chi connectivity index (χ3n) is 3.17. The summed E-state index contributed by atoms with van der Waals surface area (Å²) in [6.07, 6.45) is 3.61. The molecule has 0 N–H and O–H groups in total. The van der Waals surface area contributed by atoms with Crippen LogP contribution in [0.4, 0.5) is 0 Å². The predicted molar refractivity (Wildman–Crippen MR) is 63.3 cm³/mol. The molecule has 0 unspecified atom stereocenters. The fourth-order valence-corrected chi connectivity index (χ4v) is 1.10. The lowest BCUT2D eigenvalue weighted by molar-refractivity contribution is -0.133. The molecule has 0 fully saturated rings. The van der Waals surface area contributed by atoms with Crippen LogP contribution in [0, 0.1) is 0 Å². The van der Waals surface area contributed by atoms with Gasteiger partial charge in [-0.15, -0.1) is 0 Å². The highest BCUT2D eigenvalue weighted by atomic mass is 16.5. The summed E-state index contributed by atoms with van der Waals surface area (Å²) in [6.45, 7) is 11.3. The first-order chi connectivity index (χ1) is 6.37. The quantitative estimate of drug-likeness (QED) is 0.463. The van der Waals surface area contributed by atoms with E-state index in [0.29, 0.717) is 0 Å². The normalized spacial score (nSPS) is 13.2. The van der Waals surface area contributed by atoms with Gasteiger partial charge in [0, 0.05) is 6.61 Å². The predicted octanol–water partition coefficient (Wildman–Crippen LogP) is 2.32. The van der Waals surface area contributed by atoms with Crippen LogP contribution in [-0.2, 0) is 9.39 Å². The third-order valence-corrected chi connectivity index (χ3v) is 3.17. The molecular weight excluding hydrogens is 175 g/mol. The molecule has 0 aromatic heterocycles. The van der Waals surface area contributed by atoms with E-state index in [1.54, 1.807) is 8.05 Å². The molecule has 0 aromatic carbocycles. The SMILES string of the molecule is BOC(C)(C)C(C)(C)OCCCCC. The molecule has 2 nitrogen and oxygen atoms in total. The second-order valence-corrected chi connectivity index (χ2v) is 4.78. The topological polar surface area (TPSA) is 18.5 Å². The van der Waals surface area contributed by atoms with E-state index in [4.69, 9.17) is 9.39 Å². The Balaban J connectivity index is 3.94. The molecule has 0 saturated carbocycles. The zero-order valence-corrected chi connectivity index (χ0v) is 10.6. The standard InChI is InChI=1S/C11H25BO2/c1-6-7-8-9-13-10(2,3)11(4,5)14-12/h6-9,12H2,1-5H3. The van der Waals surface area contributed by atoms with Crippen molar-refractivity contribution in [3.8, 4) is 0 Å². The summed E-state index contributed by atoms with van der Waals surface area (Å²) in [7, 11) is 1.73. The van der Waals surface area contributed by atoms with E-state index < -0.39 is 0 Å². The first-order valence-electron chi connectivity index (χ1n) is 5.56. The molecule has 0 aliphatic rings. The van der Waals surface area contributed by atoms with Gasteiger partial charge in [-0.2, -0.15) is 0 Å². The number of hydrogen-bond acceptors (Lipinski definition) is 2. The van der Waals surface area contributed by atoms with Crippen molar-refractivity contribution in [1.29, 1.82) is 0 Å². The van der Waals surface area contributed by atoms with Gasteiger partial charge in [-0.3, -0.25) is 0 Å². The monoisotopic (exact) mass is 200 g/mol. The van der Waals surface area contributed by atoms with Crippen LogP contribution in [0.5, 0.6) is 0 Å². The Kier molecular flexibility index (Phi) is 5.76. The smallest absolute Gasteiger partial charge is 0.258 e.